The van der Waals surface area contributed by atoms with Crippen molar-refractivity contribution in [3.63, 3.8) is 0 Å². The first-order valence-corrected chi connectivity index (χ1v) is 7.94. The molecule has 0 saturated carbocycles. The quantitative estimate of drug-likeness (QED) is 0.869. The minimum atomic E-state index is -0.112. The molecule has 2 aliphatic heterocycles. The monoisotopic (exact) mass is 302 g/mol. The van der Waals surface area contributed by atoms with Crippen LogP contribution in [-0.2, 0) is 4.79 Å². The van der Waals surface area contributed by atoms with Gasteiger partial charge >= 0.3 is 0 Å². The van der Waals surface area contributed by atoms with Gasteiger partial charge < -0.3 is 15.0 Å². The van der Waals surface area contributed by atoms with E-state index in [1.165, 1.54) is 0 Å². The Balaban J connectivity index is 1.91. The van der Waals surface area contributed by atoms with Gasteiger partial charge in [-0.15, -0.1) is 0 Å². The Labute approximate surface area is 130 Å². The molecule has 2 aliphatic rings. The number of nitrogens with one attached hydrogen (secondary N) is 1. The van der Waals surface area contributed by atoms with E-state index in [0.29, 0.717) is 17.0 Å². The van der Waals surface area contributed by atoms with Crippen LogP contribution in [0.4, 0.5) is 5.69 Å². The smallest absolute Gasteiger partial charge is 0.265 e. The molecule has 0 spiro atoms. The van der Waals surface area contributed by atoms with Crippen LogP contribution < -0.4 is 15.0 Å². The van der Waals surface area contributed by atoms with E-state index in [1.807, 2.05) is 13.8 Å². The average molecular weight is 302 g/mol. The maximum atomic E-state index is 12.6. The minimum Gasteiger partial charge on any atom is -0.482 e. The van der Waals surface area contributed by atoms with Gasteiger partial charge in [-0.25, -0.2) is 0 Å². The molecule has 1 atom stereocenters. The standard InChI is InChI=1S/C17H22N2O3/c1-11(2)19-14-9-12(6-7-15(14)22-10-16(19)20)17(21)13-5-3-4-8-18-13/h6-7,9,11,13,18H,3-5,8,10H2,1-2H3. The maximum Gasteiger partial charge on any atom is 0.265 e. The molecule has 1 aromatic carbocycles. The summed E-state index contributed by atoms with van der Waals surface area (Å²) in [5.74, 6) is 0.702. The number of hydrogen-bond acceptors (Lipinski definition) is 4. The third-order valence-corrected chi connectivity index (χ3v) is 4.27. The van der Waals surface area contributed by atoms with Gasteiger partial charge in [0.1, 0.15) is 5.75 Å². The van der Waals surface area contributed by atoms with Gasteiger partial charge in [-0.05, 0) is 51.4 Å². The van der Waals surface area contributed by atoms with Crippen molar-refractivity contribution in [2.75, 3.05) is 18.1 Å². The van der Waals surface area contributed by atoms with Crippen molar-refractivity contribution in [2.45, 2.75) is 45.2 Å². The van der Waals surface area contributed by atoms with Crippen LogP contribution in [0.25, 0.3) is 0 Å². The molecule has 0 bridgehead atoms. The second-order valence-corrected chi connectivity index (χ2v) is 6.20. The molecule has 118 valence electrons. The van der Waals surface area contributed by atoms with Crippen LogP contribution >= 0.6 is 0 Å². The van der Waals surface area contributed by atoms with Crippen molar-refractivity contribution in [3.8, 4) is 5.75 Å². The number of anilines is 1. The molecule has 0 aliphatic carbocycles. The summed E-state index contributed by atoms with van der Waals surface area (Å²) in [5.41, 5.74) is 1.34. The number of piperidine rings is 1. The zero-order valence-corrected chi connectivity index (χ0v) is 13.1. The molecule has 5 heteroatoms. The van der Waals surface area contributed by atoms with Crippen molar-refractivity contribution >= 4 is 17.4 Å². The van der Waals surface area contributed by atoms with Crippen molar-refractivity contribution in [1.82, 2.24) is 5.32 Å². The molecule has 5 nitrogen and oxygen atoms in total. The zero-order chi connectivity index (χ0) is 15.7. The summed E-state index contributed by atoms with van der Waals surface area (Å²) in [6.45, 7) is 4.87. The van der Waals surface area contributed by atoms with Gasteiger partial charge in [0.25, 0.3) is 5.91 Å². The number of fused-ring (bicyclic) bond motifs is 1. The zero-order valence-electron chi connectivity index (χ0n) is 13.1. The lowest BCUT2D eigenvalue weighted by molar-refractivity contribution is -0.121. The fraction of sp³-hybridized carbons (Fsp3) is 0.529. The molecule has 1 N–H and O–H groups in total. The molecule has 0 radical (unpaired) electrons. The van der Waals surface area contributed by atoms with Gasteiger partial charge in [-0.1, -0.05) is 6.42 Å². The Hall–Kier alpha value is -1.88. The Morgan fingerprint density at radius 1 is 1.36 bits per heavy atom. The first-order chi connectivity index (χ1) is 10.6. The fourth-order valence-corrected chi connectivity index (χ4v) is 3.17. The largest absolute Gasteiger partial charge is 0.482 e. The van der Waals surface area contributed by atoms with E-state index in [4.69, 9.17) is 4.74 Å². The molecule has 2 heterocycles. The molecule has 3 rings (SSSR count). The normalized spacial score (nSPS) is 21.5. The van der Waals surface area contributed by atoms with Crippen molar-refractivity contribution in [3.05, 3.63) is 23.8 Å². The fourth-order valence-electron chi connectivity index (χ4n) is 3.17. The highest BCUT2D eigenvalue weighted by Gasteiger charge is 2.29. The number of ketones is 1. The van der Waals surface area contributed by atoms with Gasteiger partial charge in [0.15, 0.2) is 12.4 Å². The number of hydrogen-bond donors (Lipinski definition) is 1. The summed E-state index contributed by atoms with van der Waals surface area (Å²) in [6, 6.07) is 5.32. The highest BCUT2D eigenvalue weighted by atomic mass is 16.5. The molecule has 1 fully saturated rings. The van der Waals surface area contributed by atoms with E-state index in [-0.39, 0.29) is 30.4 Å². The molecule has 0 aromatic heterocycles. The second-order valence-electron chi connectivity index (χ2n) is 6.20. The highest BCUT2D eigenvalue weighted by molar-refractivity contribution is 6.04. The van der Waals surface area contributed by atoms with E-state index in [9.17, 15) is 9.59 Å². The molecule has 1 unspecified atom stereocenters. The molecule has 22 heavy (non-hydrogen) atoms. The van der Waals surface area contributed by atoms with Crippen molar-refractivity contribution in [2.24, 2.45) is 0 Å². The van der Waals surface area contributed by atoms with E-state index >= 15 is 0 Å². The van der Waals surface area contributed by atoms with Gasteiger partial charge in [0.2, 0.25) is 0 Å². The van der Waals surface area contributed by atoms with Gasteiger partial charge in [-0.3, -0.25) is 9.59 Å². The number of amides is 1. The summed E-state index contributed by atoms with van der Waals surface area (Å²) < 4.78 is 5.48. The summed E-state index contributed by atoms with van der Waals surface area (Å²) >= 11 is 0. The molecular weight excluding hydrogens is 280 g/mol. The van der Waals surface area contributed by atoms with Gasteiger partial charge in [-0.2, -0.15) is 0 Å². The third kappa shape index (κ3) is 2.73. The van der Waals surface area contributed by atoms with E-state index in [1.54, 1.807) is 23.1 Å². The Bertz CT molecular complexity index is 592. The summed E-state index contributed by atoms with van der Waals surface area (Å²) in [5, 5.41) is 3.28. The number of rotatable bonds is 3. The van der Waals surface area contributed by atoms with Gasteiger partial charge in [0.05, 0.1) is 11.7 Å². The summed E-state index contributed by atoms with van der Waals surface area (Å²) in [4.78, 5) is 26.4. The minimum absolute atomic E-state index is 0.0355. The summed E-state index contributed by atoms with van der Waals surface area (Å²) in [7, 11) is 0. The molecule has 1 amide bonds. The number of carbonyl (C=O) groups excluding carboxylic acids is 2. The first kappa shape index (κ1) is 15.0. The molecule has 1 saturated heterocycles. The van der Waals surface area contributed by atoms with Crippen molar-refractivity contribution in [1.29, 1.82) is 0 Å². The Morgan fingerprint density at radius 3 is 2.86 bits per heavy atom. The number of ether oxygens (including phenoxy) is 1. The van der Waals surface area contributed by atoms with E-state index in [2.05, 4.69) is 5.32 Å². The van der Waals surface area contributed by atoms with Gasteiger partial charge in [0, 0.05) is 11.6 Å². The maximum absolute atomic E-state index is 12.6. The number of Topliss-reactive ketones (excluding diaryl/α,β-unsaturated/α-hetero) is 1. The number of carbonyl (C=O) groups is 2. The van der Waals surface area contributed by atoms with Crippen LogP contribution in [0.3, 0.4) is 0 Å². The van der Waals surface area contributed by atoms with Crippen molar-refractivity contribution < 1.29 is 14.3 Å². The summed E-state index contributed by atoms with van der Waals surface area (Å²) in [6.07, 6.45) is 3.07. The van der Waals surface area contributed by atoms with E-state index in [0.717, 1.165) is 25.8 Å². The Kier molecular flexibility index (Phi) is 4.16. The average Bonchev–Trinajstić information content (AvgIpc) is 2.54. The number of benzene rings is 1. The predicted octanol–water partition coefficient (Wildman–Crippen LogP) is 2.15. The topological polar surface area (TPSA) is 58.6 Å². The van der Waals surface area contributed by atoms with E-state index < -0.39 is 0 Å². The lowest BCUT2D eigenvalue weighted by atomic mass is 9.95. The van der Waals surface area contributed by atoms with Crippen LogP contribution in [0.15, 0.2) is 18.2 Å². The first-order valence-electron chi connectivity index (χ1n) is 7.94. The molecular formula is C17H22N2O3. The lowest BCUT2D eigenvalue weighted by Crippen LogP contribution is -2.43. The predicted molar refractivity (Wildman–Crippen MR) is 84.5 cm³/mol. The second kappa shape index (κ2) is 6.08. The Morgan fingerprint density at radius 2 is 2.18 bits per heavy atom. The van der Waals surface area contributed by atoms with Crippen LogP contribution in [0.5, 0.6) is 5.75 Å². The van der Waals surface area contributed by atoms with Crippen LogP contribution in [0.2, 0.25) is 0 Å². The number of nitrogens with zero attached hydrogens (tertiary/aromatic N) is 1. The SMILES string of the molecule is CC(C)N1C(=O)COc2ccc(C(=O)C3CCCCN3)cc21. The van der Waals surface area contributed by atoms with Crippen LogP contribution in [-0.4, -0.2) is 36.9 Å². The van der Waals surface area contributed by atoms with Crippen LogP contribution in [0, 0.1) is 0 Å². The molecule has 1 aromatic rings. The highest BCUT2D eigenvalue weighted by Crippen LogP contribution is 2.34. The third-order valence-electron chi connectivity index (χ3n) is 4.27. The lowest BCUT2D eigenvalue weighted by Gasteiger charge is -2.33. The van der Waals surface area contributed by atoms with Crippen LogP contribution in [0.1, 0.15) is 43.5 Å².